The number of rotatable bonds is 8. The van der Waals surface area contributed by atoms with Crippen LogP contribution in [0.5, 0.6) is 5.75 Å². The smallest absolute Gasteiger partial charge is 0.251 e. The lowest BCUT2D eigenvalue weighted by molar-refractivity contribution is -0.114. The van der Waals surface area contributed by atoms with Crippen molar-refractivity contribution in [1.82, 2.24) is 5.32 Å². The molecule has 28 heavy (non-hydrogen) atoms. The predicted octanol–water partition coefficient (Wildman–Crippen LogP) is 3.27. The second-order valence-electron chi connectivity index (χ2n) is 5.97. The van der Waals surface area contributed by atoms with Crippen molar-refractivity contribution in [2.75, 3.05) is 24.3 Å². The molecule has 0 spiro atoms. The minimum Gasteiger partial charge on any atom is -0.497 e. The summed E-state index contributed by atoms with van der Waals surface area (Å²) in [5, 5.41) is 8.60. The Kier molecular flexibility index (Phi) is 6.30. The van der Waals surface area contributed by atoms with E-state index in [0.29, 0.717) is 29.3 Å². The van der Waals surface area contributed by atoms with Crippen molar-refractivity contribution < 1.29 is 18.7 Å². The number of anilines is 2. The van der Waals surface area contributed by atoms with Gasteiger partial charge in [0.25, 0.3) is 5.91 Å². The average Bonchev–Trinajstić information content (AvgIpc) is 3.24. The van der Waals surface area contributed by atoms with Crippen LogP contribution in [0, 0.1) is 0 Å². The number of carbonyl (C=O) groups is 2. The zero-order valence-electron chi connectivity index (χ0n) is 15.4. The second kappa shape index (κ2) is 9.27. The monoisotopic (exact) mass is 379 g/mol. The summed E-state index contributed by atoms with van der Waals surface area (Å²) in [5.41, 5.74) is 1.93. The van der Waals surface area contributed by atoms with Crippen molar-refractivity contribution in [1.29, 1.82) is 0 Å². The van der Waals surface area contributed by atoms with E-state index in [-0.39, 0.29) is 18.4 Å². The van der Waals surface area contributed by atoms with Crippen LogP contribution in [0.1, 0.15) is 16.1 Å². The van der Waals surface area contributed by atoms with E-state index in [2.05, 4.69) is 16.0 Å². The number of methoxy groups -OCH3 is 1. The fourth-order valence-corrected chi connectivity index (χ4v) is 2.51. The van der Waals surface area contributed by atoms with E-state index in [4.69, 9.17) is 9.15 Å². The maximum Gasteiger partial charge on any atom is 0.251 e. The van der Waals surface area contributed by atoms with Gasteiger partial charge in [-0.3, -0.25) is 9.59 Å². The Morgan fingerprint density at radius 1 is 1.00 bits per heavy atom. The highest BCUT2D eigenvalue weighted by molar-refractivity contribution is 5.95. The molecule has 0 atom stereocenters. The molecule has 7 nitrogen and oxygen atoms in total. The lowest BCUT2D eigenvalue weighted by Gasteiger charge is -2.09. The van der Waals surface area contributed by atoms with E-state index >= 15 is 0 Å². The summed E-state index contributed by atoms with van der Waals surface area (Å²) in [7, 11) is 1.57. The Hall–Kier alpha value is -3.74. The first-order valence-electron chi connectivity index (χ1n) is 8.72. The molecule has 0 bridgehead atoms. The van der Waals surface area contributed by atoms with Crippen LogP contribution in [0.3, 0.4) is 0 Å². The molecule has 3 aromatic rings. The van der Waals surface area contributed by atoms with Crippen LogP contribution in [-0.4, -0.2) is 25.5 Å². The quantitative estimate of drug-likeness (QED) is 0.559. The molecule has 0 radical (unpaired) electrons. The van der Waals surface area contributed by atoms with Gasteiger partial charge in [-0.25, -0.2) is 0 Å². The third-order valence-corrected chi connectivity index (χ3v) is 3.96. The first-order valence-corrected chi connectivity index (χ1v) is 8.72. The van der Waals surface area contributed by atoms with Gasteiger partial charge in [-0.2, -0.15) is 0 Å². The molecule has 3 N–H and O–H groups in total. The number of hydrogen-bond donors (Lipinski definition) is 3. The topological polar surface area (TPSA) is 92.6 Å². The van der Waals surface area contributed by atoms with Gasteiger partial charge in [-0.15, -0.1) is 0 Å². The van der Waals surface area contributed by atoms with Gasteiger partial charge in [-0.1, -0.05) is 6.07 Å². The van der Waals surface area contributed by atoms with Gasteiger partial charge in [-0.05, 0) is 48.5 Å². The van der Waals surface area contributed by atoms with Gasteiger partial charge in [0.2, 0.25) is 5.91 Å². The summed E-state index contributed by atoms with van der Waals surface area (Å²) < 4.78 is 10.3. The lowest BCUT2D eigenvalue weighted by atomic mass is 10.2. The Labute approximate surface area is 162 Å². The fraction of sp³-hybridized carbons (Fsp3) is 0.143. The summed E-state index contributed by atoms with van der Waals surface area (Å²) in [6, 6.07) is 17.6. The minimum absolute atomic E-state index is 0.0985. The van der Waals surface area contributed by atoms with Crippen LogP contribution in [0.25, 0.3) is 0 Å². The molecule has 2 aromatic carbocycles. The van der Waals surface area contributed by atoms with E-state index in [1.54, 1.807) is 74.0 Å². The number of nitrogens with one attached hydrogen (secondary N) is 3. The first-order chi connectivity index (χ1) is 13.6. The van der Waals surface area contributed by atoms with Crippen molar-refractivity contribution in [3.05, 3.63) is 78.3 Å². The molecule has 144 valence electrons. The maximum absolute atomic E-state index is 12.1. The number of furan rings is 1. The van der Waals surface area contributed by atoms with Crippen LogP contribution in [-0.2, 0) is 11.3 Å². The Balaban J connectivity index is 1.47. The Bertz CT molecular complexity index is 921. The van der Waals surface area contributed by atoms with E-state index in [1.165, 1.54) is 0 Å². The molecule has 0 aliphatic rings. The van der Waals surface area contributed by atoms with E-state index in [9.17, 15) is 9.59 Å². The highest BCUT2D eigenvalue weighted by atomic mass is 16.5. The number of hydrogen-bond acceptors (Lipinski definition) is 5. The lowest BCUT2D eigenvalue weighted by Crippen LogP contribution is -2.23. The summed E-state index contributed by atoms with van der Waals surface area (Å²) in [6.07, 6.45) is 1.56. The van der Waals surface area contributed by atoms with Gasteiger partial charge < -0.3 is 25.1 Å². The largest absolute Gasteiger partial charge is 0.497 e. The van der Waals surface area contributed by atoms with Crippen molar-refractivity contribution in [3.8, 4) is 5.75 Å². The van der Waals surface area contributed by atoms with E-state index in [0.717, 1.165) is 5.69 Å². The van der Waals surface area contributed by atoms with E-state index in [1.807, 2.05) is 0 Å². The molecule has 1 aromatic heterocycles. The summed E-state index contributed by atoms with van der Waals surface area (Å²) >= 11 is 0. The standard InChI is InChI=1S/C21H21N3O4/c1-27-18-5-2-4-17(12-18)24-20(25)14-22-16-9-7-15(8-10-16)21(26)23-13-19-6-3-11-28-19/h2-12,22H,13-14H2,1H3,(H,23,26)(H,24,25). The molecule has 0 fully saturated rings. The zero-order chi connectivity index (χ0) is 19.8. The van der Waals surface area contributed by atoms with Crippen LogP contribution < -0.4 is 20.7 Å². The van der Waals surface area contributed by atoms with Gasteiger partial charge in [0, 0.05) is 23.0 Å². The summed E-state index contributed by atoms with van der Waals surface area (Å²) in [6.45, 7) is 0.428. The molecule has 0 saturated heterocycles. The summed E-state index contributed by atoms with van der Waals surface area (Å²) in [4.78, 5) is 24.2. The van der Waals surface area contributed by atoms with Crippen molar-refractivity contribution in [2.45, 2.75) is 6.54 Å². The molecule has 0 aliphatic heterocycles. The van der Waals surface area contributed by atoms with Gasteiger partial charge in [0.15, 0.2) is 0 Å². The predicted molar refractivity (Wildman–Crippen MR) is 106 cm³/mol. The molecule has 0 unspecified atom stereocenters. The van der Waals surface area contributed by atoms with Gasteiger partial charge in [0.1, 0.15) is 11.5 Å². The number of benzene rings is 2. The second-order valence-corrected chi connectivity index (χ2v) is 5.97. The average molecular weight is 379 g/mol. The maximum atomic E-state index is 12.1. The first kappa shape index (κ1) is 19.0. The molecular weight excluding hydrogens is 358 g/mol. The third-order valence-electron chi connectivity index (χ3n) is 3.96. The van der Waals surface area contributed by atoms with Crippen LogP contribution in [0.2, 0.25) is 0 Å². The Morgan fingerprint density at radius 2 is 1.82 bits per heavy atom. The molecule has 0 saturated carbocycles. The summed E-state index contributed by atoms with van der Waals surface area (Å²) in [5.74, 6) is 0.979. The van der Waals surface area contributed by atoms with Crippen LogP contribution in [0.15, 0.2) is 71.3 Å². The van der Waals surface area contributed by atoms with Crippen molar-refractivity contribution in [3.63, 3.8) is 0 Å². The SMILES string of the molecule is COc1cccc(NC(=O)CNc2ccc(C(=O)NCc3ccco3)cc2)c1. The minimum atomic E-state index is -0.196. The van der Waals surface area contributed by atoms with Gasteiger partial charge in [0.05, 0.1) is 26.5 Å². The van der Waals surface area contributed by atoms with Crippen molar-refractivity contribution in [2.24, 2.45) is 0 Å². The molecule has 0 aliphatic carbocycles. The highest BCUT2D eigenvalue weighted by Crippen LogP contribution is 2.16. The number of ether oxygens (including phenoxy) is 1. The van der Waals surface area contributed by atoms with Gasteiger partial charge >= 0.3 is 0 Å². The Morgan fingerprint density at radius 3 is 2.54 bits per heavy atom. The molecule has 1 heterocycles. The zero-order valence-corrected chi connectivity index (χ0v) is 15.4. The van der Waals surface area contributed by atoms with Crippen LogP contribution in [0.4, 0.5) is 11.4 Å². The van der Waals surface area contributed by atoms with Crippen molar-refractivity contribution >= 4 is 23.2 Å². The fourth-order valence-electron chi connectivity index (χ4n) is 2.51. The molecule has 3 rings (SSSR count). The molecule has 7 heteroatoms. The number of carbonyl (C=O) groups excluding carboxylic acids is 2. The van der Waals surface area contributed by atoms with E-state index < -0.39 is 0 Å². The number of amides is 2. The third kappa shape index (κ3) is 5.38. The highest BCUT2D eigenvalue weighted by Gasteiger charge is 2.07. The van der Waals surface area contributed by atoms with Crippen LogP contribution >= 0.6 is 0 Å². The molecule has 2 amide bonds. The molecular formula is C21H21N3O4. The normalized spacial score (nSPS) is 10.2.